The molecule has 3 aliphatic rings. The number of hydrogen-bond donors (Lipinski definition) is 1. The van der Waals surface area contributed by atoms with Gasteiger partial charge < -0.3 is 14.5 Å². The fraction of sp³-hybridized carbons (Fsp3) is 0.536. The van der Waals surface area contributed by atoms with E-state index in [1.54, 1.807) is 6.92 Å². The molecule has 36 heavy (non-hydrogen) atoms. The number of fused-ring (bicyclic) bond motifs is 2. The van der Waals surface area contributed by atoms with E-state index in [0.29, 0.717) is 12.5 Å². The van der Waals surface area contributed by atoms with Crippen molar-refractivity contribution in [3.05, 3.63) is 47.4 Å². The summed E-state index contributed by atoms with van der Waals surface area (Å²) >= 11 is 0. The number of aromatic nitrogens is 4. The smallest absolute Gasteiger partial charge is 0.219 e. The lowest BCUT2D eigenvalue weighted by atomic mass is 9.88. The number of aryl methyl sites for hydroxylation is 1. The number of carbonyl (C=O) groups is 1. The summed E-state index contributed by atoms with van der Waals surface area (Å²) in [5.74, 6) is 2.50. The van der Waals surface area contributed by atoms with E-state index in [1.807, 2.05) is 22.8 Å². The van der Waals surface area contributed by atoms with Gasteiger partial charge in [0.25, 0.3) is 0 Å². The second kappa shape index (κ2) is 10.5. The predicted octanol–water partition coefficient (Wildman–Crippen LogP) is 4.48. The average molecular weight is 491 g/mol. The highest BCUT2D eigenvalue weighted by atomic mass is 16.5. The molecule has 2 atom stereocenters. The normalized spacial score (nSPS) is 21.0. The summed E-state index contributed by atoms with van der Waals surface area (Å²) in [4.78, 5) is 16.2. The summed E-state index contributed by atoms with van der Waals surface area (Å²) in [5.41, 5.74) is 7.24. The maximum absolute atomic E-state index is 12.0. The molecule has 8 heteroatoms. The molecular weight excluding hydrogens is 452 g/mol. The third kappa shape index (κ3) is 5.05. The first kappa shape index (κ1) is 24.6. The molecule has 1 aromatic carbocycles. The number of anilines is 2. The van der Waals surface area contributed by atoms with E-state index in [0.717, 1.165) is 74.1 Å². The van der Waals surface area contributed by atoms with Crippen LogP contribution in [0.3, 0.4) is 0 Å². The van der Waals surface area contributed by atoms with Gasteiger partial charge in [0.15, 0.2) is 5.82 Å². The molecule has 3 aliphatic heterocycles. The number of carbonyl (C=O) groups excluding carboxylic acids is 1. The van der Waals surface area contributed by atoms with Crippen LogP contribution in [-0.4, -0.2) is 57.1 Å². The summed E-state index contributed by atoms with van der Waals surface area (Å²) in [6.07, 6.45) is 8.27. The molecule has 1 N–H and O–H groups in total. The van der Waals surface area contributed by atoms with Gasteiger partial charge in [-0.2, -0.15) is 10.2 Å². The van der Waals surface area contributed by atoms with Crippen molar-refractivity contribution >= 4 is 17.4 Å². The van der Waals surface area contributed by atoms with Gasteiger partial charge in [-0.1, -0.05) is 26.3 Å². The number of nitrogens with zero attached hydrogens (tertiary/aromatic N) is 5. The number of hydrogen-bond acceptors (Lipinski definition) is 5. The lowest BCUT2D eigenvalue weighted by Crippen LogP contribution is -2.36. The van der Waals surface area contributed by atoms with Crippen LogP contribution >= 0.6 is 0 Å². The van der Waals surface area contributed by atoms with E-state index in [4.69, 9.17) is 9.84 Å². The van der Waals surface area contributed by atoms with Gasteiger partial charge in [-0.3, -0.25) is 14.6 Å². The number of H-pyrrole nitrogens is 1. The first-order valence-electron chi connectivity index (χ1n) is 13.2. The molecule has 2 aromatic heterocycles. The standard InChI is InChI=1S/C23H28N6O.C5H10O/c1-4-16-9-18-10-17(19-11-24-27(3)13-19)5-6-22(18)29(12-16)23-20-14-28(15(2)30)8-7-21(20)25-26-23;1-5-2-3-6-4-5/h5-6,10-11,13,16H,4,7-9,12,14H2,1-3H3,(H,25,26);5H,2-4H2,1H3/t16-;5-/m10/s1. The first-order chi connectivity index (χ1) is 17.4. The molecule has 1 amide bonds. The summed E-state index contributed by atoms with van der Waals surface area (Å²) in [5, 5.41) is 12.3. The highest BCUT2D eigenvalue weighted by molar-refractivity contribution is 5.76. The van der Waals surface area contributed by atoms with Gasteiger partial charge in [0.05, 0.1) is 12.7 Å². The predicted molar refractivity (Wildman–Crippen MR) is 141 cm³/mol. The largest absolute Gasteiger partial charge is 0.381 e. The molecule has 1 fully saturated rings. The Balaban J connectivity index is 0.000000391. The maximum Gasteiger partial charge on any atom is 0.219 e. The van der Waals surface area contributed by atoms with Crippen molar-refractivity contribution in [2.45, 2.75) is 53.0 Å². The number of aromatic amines is 1. The minimum Gasteiger partial charge on any atom is -0.381 e. The quantitative estimate of drug-likeness (QED) is 0.586. The average Bonchev–Trinajstić information content (AvgIpc) is 3.64. The minimum atomic E-state index is 0.124. The number of nitrogens with one attached hydrogen (secondary N) is 1. The van der Waals surface area contributed by atoms with Crippen LogP contribution in [0.1, 0.15) is 50.4 Å². The van der Waals surface area contributed by atoms with Crippen molar-refractivity contribution < 1.29 is 9.53 Å². The third-order valence-electron chi connectivity index (χ3n) is 7.71. The Labute approximate surface area is 213 Å². The number of benzene rings is 1. The Bertz CT molecular complexity index is 1210. The summed E-state index contributed by atoms with van der Waals surface area (Å²) < 4.78 is 6.90. The Kier molecular flexibility index (Phi) is 7.14. The molecule has 1 saturated heterocycles. The van der Waals surface area contributed by atoms with Crippen LogP contribution in [0.15, 0.2) is 30.6 Å². The van der Waals surface area contributed by atoms with Crippen molar-refractivity contribution in [2.75, 3.05) is 31.2 Å². The van der Waals surface area contributed by atoms with E-state index >= 15 is 0 Å². The van der Waals surface area contributed by atoms with Gasteiger partial charge in [0.2, 0.25) is 5.91 Å². The SMILES string of the molecule is CC[C@@H]1Cc2cc(-c3cnn(C)c3)ccc2N(c2n[nH]c3c2CN(C(C)=O)CC3)C1.C[C@H]1CCOC1. The Morgan fingerprint density at radius 1 is 1.28 bits per heavy atom. The van der Waals surface area contributed by atoms with Crippen molar-refractivity contribution in [3.8, 4) is 11.1 Å². The van der Waals surface area contributed by atoms with Crippen LogP contribution in [0.25, 0.3) is 11.1 Å². The third-order valence-corrected chi connectivity index (χ3v) is 7.71. The summed E-state index contributed by atoms with van der Waals surface area (Å²) in [6.45, 7) is 10.4. The van der Waals surface area contributed by atoms with Crippen LogP contribution in [0.2, 0.25) is 0 Å². The lowest BCUT2D eigenvalue weighted by molar-refractivity contribution is -0.129. The lowest BCUT2D eigenvalue weighted by Gasteiger charge is -2.36. The molecule has 192 valence electrons. The van der Waals surface area contributed by atoms with Crippen LogP contribution in [0.5, 0.6) is 0 Å². The molecule has 0 aliphatic carbocycles. The van der Waals surface area contributed by atoms with E-state index in [1.165, 1.54) is 23.2 Å². The summed E-state index contributed by atoms with van der Waals surface area (Å²) in [7, 11) is 1.95. The van der Waals surface area contributed by atoms with E-state index in [-0.39, 0.29) is 5.91 Å². The molecule has 0 radical (unpaired) electrons. The Morgan fingerprint density at radius 3 is 2.78 bits per heavy atom. The number of rotatable bonds is 3. The molecule has 0 bridgehead atoms. The van der Waals surface area contributed by atoms with Crippen LogP contribution in [-0.2, 0) is 36.0 Å². The first-order valence-corrected chi connectivity index (χ1v) is 13.2. The van der Waals surface area contributed by atoms with E-state index in [9.17, 15) is 4.79 Å². The second-order valence-corrected chi connectivity index (χ2v) is 10.5. The van der Waals surface area contributed by atoms with Gasteiger partial charge >= 0.3 is 0 Å². The molecule has 0 spiro atoms. The Hall–Kier alpha value is -3.13. The van der Waals surface area contributed by atoms with Crippen molar-refractivity contribution in [2.24, 2.45) is 18.9 Å². The van der Waals surface area contributed by atoms with Crippen LogP contribution < -0.4 is 4.90 Å². The van der Waals surface area contributed by atoms with Crippen LogP contribution in [0, 0.1) is 11.8 Å². The highest BCUT2D eigenvalue weighted by Crippen LogP contribution is 2.40. The highest BCUT2D eigenvalue weighted by Gasteiger charge is 2.31. The number of ether oxygens (including phenoxy) is 1. The molecule has 0 saturated carbocycles. The van der Waals surface area contributed by atoms with Gasteiger partial charge in [-0.15, -0.1) is 0 Å². The van der Waals surface area contributed by atoms with E-state index in [2.05, 4.69) is 53.3 Å². The van der Waals surface area contributed by atoms with Crippen molar-refractivity contribution in [3.63, 3.8) is 0 Å². The molecular formula is C28H38N6O2. The molecule has 6 rings (SSSR count). The fourth-order valence-corrected chi connectivity index (χ4v) is 5.39. The van der Waals surface area contributed by atoms with E-state index < -0.39 is 0 Å². The molecule has 0 unspecified atom stereocenters. The second-order valence-electron chi connectivity index (χ2n) is 10.5. The molecule has 8 nitrogen and oxygen atoms in total. The minimum absolute atomic E-state index is 0.124. The zero-order valence-corrected chi connectivity index (χ0v) is 22.0. The molecule has 3 aromatic rings. The maximum atomic E-state index is 12.0. The topological polar surface area (TPSA) is 79.3 Å². The Morgan fingerprint density at radius 2 is 2.14 bits per heavy atom. The fourth-order valence-electron chi connectivity index (χ4n) is 5.39. The van der Waals surface area contributed by atoms with Gasteiger partial charge in [0.1, 0.15) is 0 Å². The molecule has 5 heterocycles. The van der Waals surface area contributed by atoms with Gasteiger partial charge in [0, 0.05) is 75.4 Å². The zero-order valence-electron chi connectivity index (χ0n) is 22.0. The summed E-state index contributed by atoms with van der Waals surface area (Å²) in [6, 6.07) is 6.70. The number of amides is 1. The van der Waals surface area contributed by atoms with Gasteiger partial charge in [-0.05, 0) is 47.9 Å². The van der Waals surface area contributed by atoms with Crippen molar-refractivity contribution in [1.82, 2.24) is 24.9 Å². The van der Waals surface area contributed by atoms with Crippen molar-refractivity contribution in [1.29, 1.82) is 0 Å². The van der Waals surface area contributed by atoms with Crippen LogP contribution in [0.4, 0.5) is 11.5 Å². The zero-order chi connectivity index (χ0) is 25.2. The monoisotopic (exact) mass is 490 g/mol. The van der Waals surface area contributed by atoms with Gasteiger partial charge in [-0.25, -0.2) is 0 Å².